The Kier molecular flexibility index (Phi) is 2.63. The van der Waals surface area contributed by atoms with Crippen molar-refractivity contribution in [1.29, 1.82) is 0 Å². The molecule has 4 rings (SSSR count). The van der Waals surface area contributed by atoms with Crippen LogP contribution in [0.25, 0.3) is 16.9 Å². The molecule has 0 fully saturated rings. The fourth-order valence-electron chi connectivity index (χ4n) is 2.42. The van der Waals surface area contributed by atoms with E-state index in [4.69, 9.17) is 5.10 Å². The molecule has 0 spiro atoms. The predicted molar refractivity (Wildman–Crippen MR) is 81.1 cm³/mol. The maximum atomic E-state index is 4.76. The van der Waals surface area contributed by atoms with E-state index in [1.54, 1.807) is 11.8 Å². The molecule has 0 unspecified atom stereocenters. The third kappa shape index (κ3) is 1.84. The van der Waals surface area contributed by atoms with Crippen LogP contribution in [-0.2, 0) is 5.75 Å². The monoisotopic (exact) mass is 279 g/mol. The summed E-state index contributed by atoms with van der Waals surface area (Å²) >= 11 is 1.79. The lowest BCUT2D eigenvalue weighted by atomic mass is 10.1. The number of thioether (sulfide) groups is 1. The summed E-state index contributed by atoms with van der Waals surface area (Å²) in [5, 5.41) is 5.85. The van der Waals surface area contributed by atoms with E-state index in [1.807, 2.05) is 29.8 Å². The fraction of sp³-hybridized carbons (Fsp3) is 0.125. The standard InChI is InChI=1S/C16H13N3S/c1-11-7-8-14-15-12(10-20-16(14)17-11)9-19(18-15)13-5-3-2-4-6-13/h2-9H,10H2,1H3. The van der Waals surface area contributed by atoms with Crippen LogP contribution >= 0.6 is 11.8 Å². The Labute approximate surface area is 121 Å². The molecule has 3 nitrogen and oxygen atoms in total. The summed E-state index contributed by atoms with van der Waals surface area (Å²) in [6, 6.07) is 14.4. The van der Waals surface area contributed by atoms with Crippen molar-refractivity contribution in [2.45, 2.75) is 17.7 Å². The molecule has 1 aliphatic heterocycles. The van der Waals surface area contributed by atoms with E-state index in [0.717, 1.165) is 33.4 Å². The first kappa shape index (κ1) is 11.7. The van der Waals surface area contributed by atoms with Crippen molar-refractivity contribution >= 4 is 11.8 Å². The highest BCUT2D eigenvalue weighted by Crippen LogP contribution is 2.39. The highest BCUT2D eigenvalue weighted by Gasteiger charge is 2.21. The van der Waals surface area contributed by atoms with Gasteiger partial charge in [-0.15, -0.1) is 11.8 Å². The van der Waals surface area contributed by atoms with Crippen LogP contribution in [0.3, 0.4) is 0 Å². The summed E-state index contributed by atoms with van der Waals surface area (Å²) in [5.74, 6) is 0.936. The molecule has 3 heterocycles. The van der Waals surface area contributed by atoms with E-state index in [0.29, 0.717) is 0 Å². The molecule has 0 amide bonds. The summed E-state index contributed by atoms with van der Waals surface area (Å²) in [7, 11) is 0. The normalized spacial score (nSPS) is 12.8. The first-order valence-corrected chi connectivity index (χ1v) is 7.54. The molecule has 0 aliphatic carbocycles. The molecule has 1 aromatic carbocycles. The molecule has 0 N–H and O–H groups in total. The van der Waals surface area contributed by atoms with Gasteiger partial charge in [0.25, 0.3) is 0 Å². The Balaban J connectivity index is 1.86. The van der Waals surface area contributed by atoms with Crippen LogP contribution in [0.1, 0.15) is 11.3 Å². The molecule has 0 saturated carbocycles. The quantitative estimate of drug-likeness (QED) is 0.678. The molecule has 0 bridgehead atoms. The zero-order valence-corrected chi connectivity index (χ0v) is 11.9. The van der Waals surface area contributed by atoms with Crippen molar-refractivity contribution in [3.63, 3.8) is 0 Å². The number of aromatic nitrogens is 3. The largest absolute Gasteiger partial charge is 0.246 e. The molecule has 0 radical (unpaired) electrons. The number of para-hydroxylation sites is 1. The van der Waals surface area contributed by atoms with Gasteiger partial charge in [-0.25, -0.2) is 9.67 Å². The first-order valence-electron chi connectivity index (χ1n) is 6.56. The topological polar surface area (TPSA) is 30.7 Å². The van der Waals surface area contributed by atoms with Crippen LogP contribution in [0.2, 0.25) is 0 Å². The average molecular weight is 279 g/mol. The second kappa shape index (κ2) is 4.49. The molecule has 98 valence electrons. The minimum absolute atomic E-state index is 0.936. The van der Waals surface area contributed by atoms with Gasteiger partial charge in [-0.1, -0.05) is 18.2 Å². The summed E-state index contributed by atoms with van der Waals surface area (Å²) in [6.45, 7) is 2.03. The molecule has 0 atom stereocenters. The summed E-state index contributed by atoms with van der Waals surface area (Å²) in [5.41, 5.74) is 5.64. The Morgan fingerprint density at radius 3 is 2.80 bits per heavy atom. The number of benzene rings is 1. The second-order valence-corrected chi connectivity index (χ2v) is 5.84. The van der Waals surface area contributed by atoms with Crippen molar-refractivity contribution in [2.24, 2.45) is 0 Å². The summed E-state index contributed by atoms with van der Waals surface area (Å²) in [4.78, 5) is 4.61. The molecular formula is C16H13N3S. The lowest BCUT2D eigenvalue weighted by Gasteiger charge is -2.13. The van der Waals surface area contributed by atoms with Gasteiger partial charge < -0.3 is 0 Å². The van der Waals surface area contributed by atoms with Gasteiger partial charge in [0.15, 0.2) is 0 Å². The van der Waals surface area contributed by atoms with Crippen molar-refractivity contribution in [3.05, 3.63) is 59.9 Å². The lowest BCUT2D eigenvalue weighted by molar-refractivity contribution is 0.881. The zero-order chi connectivity index (χ0) is 13.5. The van der Waals surface area contributed by atoms with E-state index in [9.17, 15) is 0 Å². The molecule has 2 aromatic heterocycles. The van der Waals surface area contributed by atoms with Gasteiger partial charge in [0.2, 0.25) is 0 Å². The van der Waals surface area contributed by atoms with E-state index < -0.39 is 0 Å². The number of nitrogens with zero attached hydrogens (tertiary/aromatic N) is 3. The summed E-state index contributed by atoms with van der Waals surface area (Å²) < 4.78 is 1.96. The Morgan fingerprint density at radius 1 is 1.10 bits per heavy atom. The number of hydrogen-bond acceptors (Lipinski definition) is 3. The SMILES string of the molecule is Cc1ccc2c(n1)SCc1cn(-c3ccccc3)nc1-2. The van der Waals surface area contributed by atoms with Crippen LogP contribution in [0.5, 0.6) is 0 Å². The minimum Gasteiger partial charge on any atom is -0.246 e. The minimum atomic E-state index is 0.936. The summed E-state index contributed by atoms with van der Waals surface area (Å²) in [6.07, 6.45) is 2.13. The van der Waals surface area contributed by atoms with Crippen LogP contribution in [-0.4, -0.2) is 14.8 Å². The van der Waals surface area contributed by atoms with Crippen molar-refractivity contribution in [2.75, 3.05) is 0 Å². The van der Waals surface area contributed by atoms with Gasteiger partial charge in [0.05, 0.1) is 11.4 Å². The van der Waals surface area contributed by atoms with Gasteiger partial charge in [0, 0.05) is 28.8 Å². The predicted octanol–water partition coefficient (Wildman–Crippen LogP) is 3.85. The van der Waals surface area contributed by atoms with E-state index in [2.05, 4.69) is 35.4 Å². The van der Waals surface area contributed by atoms with Gasteiger partial charge in [-0.3, -0.25) is 0 Å². The van der Waals surface area contributed by atoms with Gasteiger partial charge in [-0.05, 0) is 31.2 Å². The van der Waals surface area contributed by atoms with Gasteiger partial charge in [0.1, 0.15) is 5.03 Å². The number of hydrogen-bond donors (Lipinski definition) is 0. The number of rotatable bonds is 1. The van der Waals surface area contributed by atoms with Crippen LogP contribution in [0, 0.1) is 6.92 Å². The Morgan fingerprint density at radius 2 is 1.95 bits per heavy atom. The number of fused-ring (bicyclic) bond motifs is 3. The van der Waals surface area contributed by atoms with Crippen molar-refractivity contribution < 1.29 is 0 Å². The Hall–Kier alpha value is -2.07. The molecular weight excluding hydrogens is 266 g/mol. The molecule has 20 heavy (non-hydrogen) atoms. The third-order valence-electron chi connectivity index (χ3n) is 3.43. The molecule has 0 saturated heterocycles. The fourth-order valence-corrected chi connectivity index (χ4v) is 3.46. The van der Waals surface area contributed by atoms with E-state index >= 15 is 0 Å². The maximum Gasteiger partial charge on any atom is 0.106 e. The van der Waals surface area contributed by atoms with E-state index in [1.165, 1.54) is 5.56 Å². The Bertz CT molecular complexity index is 778. The maximum absolute atomic E-state index is 4.76. The number of aryl methyl sites for hydroxylation is 1. The smallest absolute Gasteiger partial charge is 0.106 e. The van der Waals surface area contributed by atoms with Gasteiger partial charge >= 0.3 is 0 Å². The molecule has 1 aliphatic rings. The molecule has 3 aromatic rings. The van der Waals surface area contributed by atoms with E-state index in [-0.39, 0.29) is 0 Å². The first-order chi connectivity index (χ1) is 9.81. The van der Waals surface area contributed by atoms with Crippen LogP contribution in [0.4, 0.5) is 0 Å². The third-order valence-corrected chi connectivity index (χ3v) is 4.47. The van der Waals surface area contributed by atoms with Crippen LogP contribution in [0.15, 0.2) is 53.7 Å². The second-order valence-electron chi connectivity index (χ2n) is 4.88. The highest BCUT2D eigenvalue weighted by atomic mass is 32.2. The molecule has 4 heteroatoms. The lowest BCUT2D eigenvalue weighted by Crippen LogP contribution is -1.98. The van der Waals surface area contributed by atoms with Crippen molar-refractivity contribution in [3.8, 4) is 16.9 Å². The van der Waals surface area contributed by atoms with Crippen molar-refractivity contribution in [1.82, 2.24) is 14.8 Å². The zero-order valence-electron chi connectivity index (χ0n) is 11.1. The average Bonchev–Trinajstić information content (AvgIpc) is 2.92. The number of pyridine rings is 1. The van der Waals surface area contributed by atoms with Gasteiger partial charge in [-0.2, -0.15) is 5.10 Å². The highest BCUT2D eigenvalue weighted by molar-refractivity contribution is 7.98. The van der Waals surface area contributed by atoms with Crippen LogP contribution < -0.4 is 0 Å².